The lowest BCUT2D eigenvalue weighted by atomic mass is 10.4. The average molecular weight is 246 g/mol. The Balaban J connectivity index is 3.55. The van der Waals surface area contributed by atoms with Crippen LogP contribution in [0.25, 0.3) is 0 Å². The van der Waals surface area contributed by atoms with Crippen LogP contribution in [0.15, 0.2) is 0 Å². The molecule has 0 aromatic carbocycles. The number of carbonyl (C=O) groups excluding carboxylic acids is 2. The molecule has 1 amide bonds. The third-order valence-corrected chi connectivity index (χ3v) is 2.19. The number of ether oxygens (including phenoxy) is 2. The number of hydrogen-bond donors (Lipinski definition) is 1. The normalized spacial score (nSPS) is 10.4. The number of nitrogens with zero attached hydrogens (tertiary/aromatic N) is 1. The first-order chi connectivity index (χ1) is 8.10. The van der Waals surface area contributed by atoms with E-state index < -0.39 is 0 Å². The molecule has 0 aromatic rings. The molecule has 1 N–H and O–H groups in total. The first-order valence-electron chi connectivity index (χ1n) is 5.61. The lowest BCUT2D eigenvalue weighted by molar-refractivity contribution is -0.141. The van der Waals surface area contributed by atoms with E-state index in [9.17, 15) is 9.59 Å². The molecule has 0 saturated carbocycles. The molecule has 0 aliphatic heterocycles. The Labute approximate surface area is 102 Å². The maximum atomic E-state index is 11.4. The summed E-state index contributed by atoms with van der Waals surface area (Å²) in [6.07, 6.45) is 1.10. The molecule has 0 unspecified atom stereocenters. The number of carbonyl (C=O) groups is 2. The van der Waals surface area contributed by atoms with E-state index in [2.05, 4.69) is 10.1 Å². The van der Waals surface area contributed by atoms with E-state index in [-0.39, 0.29) is 18.4 Å². The van der Waals surface area contributed by atoms with Crippen LogP contribution in [0.2, 0.25) is 0 Å². The minimum Gasteiger partial charge on any atom is -0.469 e. The van der Waals surface area contributed by atoms with Gasteiger partial charge in [-0.05, 0) is 13.5 Å². The van der Waals surface area contributed by atoms with Gasteiger partial charge in [0.15, 0.2) is 0 Å². The minimum absolute atomic E-state index is 0.0477. The number of nitrogens with one attached hydrogen (secondary N) is 1. The van der Waals surface area contributed by atoms with Crippen LogP contribution in [0.3, 0.4) is 0 Å². The van der Waals surface area contributed by atoms with Gasteiger partial charge in [-0.3, -0.25) is 14.5 Å². The van der Waals surface area contributed by atoms with Crippen molar-refractivity contribution < 1.29 is 19.1 Å². The van der Waals surface area contributed by atoms with Gasteiger partial charge < -0.3 is 14.8 Å². The van der Waals surface area contributed by atoms with Gasteiger partial charge in [0.25, 0.3) is 0 Å². The zero-order valence-corrected chi connectivity index (χ0v) is 10.8. The highest BCUT2D eigenvalue weighted by Gasteiger charge is 2.08. The molecule has 6 heteroatoms. The van der Waals surface area contributed by atoms with Crippen LogP contribution in [-0.2, 0) is 19.1 Å². The monoisotopic (exact) mass is 246 g/mol. The molecule has 0 spiro atoms. The molecule has 0 atom stereocenters. The van der Waals surface area contributed by atoms with Gasteiger partial charge in [0.2, 0.25) is 5.91 Å². The summed E-state index contributed by atoms with van der Waals surface area (Å²) in [5, 5.41) is 2.77. The summed E-state index contributed by atoms with van der Waals surface area (Å²) in [5.74, 6) is -0.314. The summed E-state index contributed by atoms with van der Waals surface area (Å²) in [5.41, 5.74) is 0. The van der Waals surface area contributed by atoms with E-state index in [0.717, 1.165) is 6.42 Å². The molecule has 0 heterocycles. The molecule has 0 bridgehead atoms. The Morgan fingerprint density at radius 3 is 2.59 bits per heavy atom. The second-order valence-electron chi connectivity index (χ2n) is 3.76. The fourth-order valence-corrected chi connectivity index (χ4v) is 1.21. The van der Waals surface area contributed by atoms with Gasteiger partial charge in [-0.15, -0.1) is 0 Å². The second kappa shape index (κ2) is 10.0. The Bertz CT molecular complexity index is 234. The van der Waals surface area contributed by atoms with Crippen LogP contribution in [0.5, 0.6) is 0 Å². The molecule has 0 radical (unpaired) electrons. The van der Waals surface area contributed by atoms with Crippen LogP contribution in [0, 0.1) is 0 Å². The smallest absolute Gasteiger partial charge is 0.306 e. The van der Waals surface area contributed by atoms with Crippen molar-refractivity contribution in [3.05, 3.63) is 0 Å². The van der Waals surface area contributed by atoms with Gasteiger partial charge in [0.1, 0.15) is 0 Å². The average Bonchev–Trinajstić information content (AvgIpc) is 2.31. The Morgan fingerprint density at radius 2 is 2.00 bits per heavy atom. The largest absolute Gasteiger partial charge is 0.469 e. The standard InChI is InChI=1S/C11H22N2O4/c1-13(7-5-11(15)17-3)9-10(14)12-6-4-8-16-2/h4-9H2,1-3H3,(H,12,14). The maximum absolute atomic E-state index is 11.4. The highest BCUT2D eigenvalue weighted by atomic mass is 16.5. The molecule has 6 nitrogen and oxygen atoms in total. The summed E-state index contributed by atoms with van der Waals surface area (Å²) in [7, 11) is 4.77. The molecule has 17 heavy (non-hydrogen) atoms. The van der Waals surface area contributed by atoms with E-state index >= 15 is 0 Å². The fourth-order valence-electron chi connectivity index (χ4n) is 1.21. The molecule has 0 aromatic heterocycles. The van der Waals surface area contributed by atoms with Crippen molar-refractivity contribution in [2.24, 2.45) is 0 Å². The zero-order chi connectivity index (χ0) is 13.1. The second-order valence-corrected chi connectivity index (χ2v) is 3.76. The van der Waals surface area contributed by atoms with Crippen molar-refractivity contribution in [1.82, 2.24) is 10.2 Å². The molecule has 100 valence electrons. The molecule has 0 fully saturated rings. The van der Waals surface area contributed by atoms with Gasteiger partial charge in [-0.1, -0.05) is 0 Å². The topological polar surface area (TPSA) is 67.9 Å². The van der Waals surface area contributed by atoms with Crippen LogP contribution < -0.4 is 5.32 Å². The number of hydrogen-bond acceptors (Lipinski definition) is 5. The van der Waals surface area contributed by atoms with Crippen LogP contribution in [-0.4, -0.2) is 64.3 Å². The van der Waals surface area contributed by atoms with E-state index in [1.54, 1.807) is 19.1 Å². The first-order valence-corrected chi connectivity index (χ1v) is 5.61. The van der Waals surface area contributed by atoms with Crippen molar-refractivity contribution in [3.8, 4) is 0 Å². The molecule has 0 aliphatic carbocycles. The summed E-state index contributed by atoms with van der Waals surface area (Å²) < 4.78 is 9.39. The minimum atomic E-state index is -0.266. The molecular formula is C11H22N2O4. The van der Waals surface area contributed by atoms with E-state index in [0.29, 0.717) is 26.1 Å². The van der Waals surface area contributed by atoms with E-state index in [1.807, 2.05) is 0 Å². The predicted molar refractivity (Wildman–Crippen MR) is 63.6 cm³/mol. The predicted octanol–water partition coefficient (Wildman–Crippen LogP) is -0.366. The molecular weight excluding hydrogens is 224 g/mol. The highest BCUT2D eigenvalue weighted by molar-refractivity contribution is 5.78. The summed E-state index contributed by atoms with van der Waals surface area (Å²) in [4.78, 5) is 24.1. The molecule has 0 aliphatic rings. The Kier molecular flexibility index (Phi) is 9.37. The van der Waals surface area contributed by atoms with E-state index in [1.165, 1.54) is 7.11 Å². The molecule has 0 rings (SSSR count). The quantitative estimate of drug-likeness (QED) is 0.444. The van der Waals surface area contributed by atoms with Crippen molar-refractivity contribution in [2.45, 2.75) is 12.8 Å². The maximum Gasteiger partial charge on any atom is 0.306 e. The van der Waals surface area contributed by atoms with Crippen molar-refractivity contribution in [1.29, 1.82) is 0 Å². The summed E-state index contributed by atoms with van der Waals surface area (Å²) in [6, 6.07) is 0. The third-order valence-electron chi connectivity index (χ3n) is 2.19. The Morgan fingerprint density at radius 1 is 1.29 bits per heavy atom. The zero-order valence-electron chi connectivity index (χ0n) is 10.8. The van der Waals surface area contributed by atoms with Crippen molar-refractivity contribution in [2.75, 3.05) is 47.5 Å². The lowest BCUT2D eigenvalue weighted by Gasteiger charge is -2.15. The SMILES string of the molecule is COCCCNC(=O)CN(C)CCC(=O)OC. The van der Waals surface area contributed by atoms with Crippen LogP contribution >= 0.6 is 0 Å². The number of esters is 1. The first kappa shape index (κ1) is 15.9. The van der Waals surface area contributed by atoms with Gasteiger partial charge in [-0.2, -0.15) is 0 Å². The Hall–Kier alpha value is -1.14. The number of likely N-dealkylation sites (N-methyl/N-ethyl adjacent to an activating group) is 1. The van der Waals surface area contributed by atoms with E-state index in [4.69, 9.17) is 4.74 Å². The van der Waals surface area contributed by atoms with Gasteiger partial charge >= 0.3 is 5.97 Å². The van der Waals surface area contributed by atoms with Crippen molar-refractivity contribution in [3.63, 3.8) is 0 Å². The highest BCUT2D eigenvalue weighted by Crippen LogP contribution is 1.90. The third kappa shape index (κ3) is 9.77. The van der Waals surface area contributed by atoms with Gasteiger partial charge in [0, 0.05) is 26.8 Å². The summed E-state index contributed by atoms with van der Waals surface area (Å²) in [6.45, 7) is 2.04. The van der Waals surface area contributed by atoms with Crippen molar-refractivity contribution >= 4 is 11.9 Å². The number of rotatable bonds is 9. The lowest BCUT2D eigenvalue weighted by Crippen LogP contribution is -2.36. The van der Waals surface area contributed by atoms with Crippen LogP contribution in [0.4, 0.5) is 0 Å². The number of amides is 1. The van der Waals surface area contributed by atoms with Crippen LogP contribution in [0.1, 0.15) is 12.8 Å². The number of methoxy groups -OCH3 is 2. The fraction of sp³-hybridized carbons (Fsp3) is 0.818. The summed E-state index contributed by atoms with van der Waals surface area (Å²) >= 11 is 0. The van der Waals surface area contributed by atoms with Gasteiger partial charge in [0.05, 0.1) is 20.1 Å². The van der Waals surface area contributed by atoms with Gasteiger partial charge in [-0.25, -0.2) is 0 Å². The molecule has 0 saturated heterocycles.